The van der Waals surface area contributed by atoms with Crippen LogP contribution in [0.5, 0.6) is 0 Å². The minimum atomic E-state index is -0.523. The number of nitro benzene ring substituents is 1. The van der Waals surface area contributed by atoms with Crippen molar-refractivity contribution in [2.24, 2.45) is 0 Å². The average molecular weight is 645 g/mol. The first-order chi connectivity index (χ1) is 21.7. The molecule has 2 amide bonds. The molecule has 0 aliphatic carbocycles. The van der Waals surface area contributed by atoms with E-state index in [-0.39, 0.29) is 23.8 Å². The van der Waals surface area contributed by atoms with Crippen LogP contribution < -0.4 is 10.6 Å². The number of rotatable bonds is 11. The highest BCUT2D eigenvalue weighted by Gasteiger charge is 2.30. The highest BCUT2D eigenvalue weighted by atomic mass is 32.2. The molecule has 0 saturated carbocycles. The number of nitro groups is 1. The molecule has 2 heterocycles. The highest BCUT2D eigenvalue weighted by Crippen LogP contribution is 2.39. The molecule has 0 fully saturated rings. The van der Waals surface area contributed by atoms with Gasteiger partial charge in [-0.05, 0) is 61.7 Å². The molecular weight excluding hydrogens is 613 g/mol. The van der Waals surface area contributed by atoms with Crippen LogP contribution in [0, 0.1) is 10.1 Å². The predicted molar refractivity (Wildman–Crippen MR) is 176 cm³/mol. The first-order valence-electron chi connectivity index (χ1n) is 14.4. The zero-order chi connectivity index (χ0) is 31.9. The van der Waals surface area contributed by atoms with Gasteiger partial charge in [-0.25, -0.2) is 4.79 Å². The minimum absolute atomic E-state index is 0.0978. The van der Waals surface area contributed by atoms with Gasteiger partial charge in [-0.3, -0.25) is 24.6 Å². The van der Waals surface area contributed by atoms with E-state index in [4.69, 9.17) is 4.74 Å². The fourth-order valence-corrected chi connectivity index (χ4v) is 7.20. The molecule has 12 heteroatoms. The number of thiophene rings is 1. The second kappa shape index (κ2) is 14.5. The van der Waals surface area contributed by atoms with Crippen molar-refractivity contribution in [1.82, 2.24) is 4.90 Å². The highest BCUT2D eigenvalue weighted by molar-refractivity contribution is 8.00. The van der Waals surface area contributed by atoms with Crippen molar-refractivity contribution < 1.29 is 24.0 Å². The van der Waals surface area contributed by atoms with Crippen molar-refractivity contribution in [2.45, 2.75) is 43.5 Å². The number of fused-ring (bicyclic) bond motifs is 1. The largest absolute Gasteiger partial charge is 0.462 e. The lowest BCUT2D eigenvalue weighted by molar-refractivity contribution is -0.384. The number of carbonyl (C=O) groups is 3. The second-order valence-corrected chi connectivity index (χ2v) is 12.9. The summed E-state index contributed by atoms with van der Waals surface area (Å²) in [6, 6.07) is 22.7. The number of thioether (sulfide) groups is 1. The van der Waals surface area contributed by atoms with Crippen LogP contribution in [-0.2, 0) is 29.0 Å². The van der Waals surface area contributed by atoms with E-state index in [9.17, 15) is 24.5 Å². The SMILES string of the molecule is CCOC(=O)c1c(NC(=O)C(C)Sc2cccc(NC(=O)c3ccc([N+](=O)[O-])cc3)c2)sc2c1CCN(Cc1ccccc1)C2. The van der Waals surface area contributed by atoms with Gasteiger partial charge in [-0.2, -0.15) is 0 Å². The Bertz CT molecular complexity index is 1710. The number of ether oxygens (including phenoxy) is 1. The summed E-state index contributed by atoms with van der Waals surface area (Å²) in [4.78, 5) is 53.6. The summed E-state index contributed by atoms with van der Waals surface area (Å²) < 4.78 is 5.38. The molecule has 232 valence electrons. The van der Waals surface area contributed by atoms with Crippen molar-refractivity contribution >= 4 is 57.3 Å². The normalized spacial score (nSPS) is 13.4. The third kappa shape index (κ3) is 7.96. The number of anilines is 2. The molecule has 0 radical (unpaired) electrons. The molecule has 1 aliphatic heterocycles. The second-order valence-electron chi connectivity index (χ2n) is 10.4. The van der Waals surface area contributed by atoms with Crippen LogP contribution in [-0.4, -0.2) is 46.0 Å². The number of non-ortho nitro benzene ring substituents is 1. The summed E-state index contributed by atoms with van der Waals surface area (Å²) in [6.45, 7) is 6.05. The molecule has 0 saturated heterocycles. The van der Waals surface area contributed by atoms with Gasteiger partial charge in [0.05, 0.1) is 22.3 Å². The molecule has 1 atom stereocenters. The van der Waals surface area contributed by atoms with Gasteiger partial charge in [-0.15, -0.1) is 23.1 Å². The molecule has 4 aromatic rings. The number of carbonyl (C=O) groups excluding carboxylic acids is 3. The summed E-state index contributed by atoms with van der Waals surface area (Å²) in [6.07, 6.45) is 0.686. The van der Waals surface area contributed by atoms with E-state index in [2.05, 4.69) is 27.7 Å². The monoisotopic (exact) mass is 644 g/mol. The third-order valence-electron chi connectivity index (χ3n) is 7.22. The molecule has 5 rings (SSSR count). The van der Waals surface area contributed by atoms with Crippen molar-refractivity contribution in [3.63, 3.8) is 0 Å². The van der Waals surface area contributed by atoms with Crippen LogP contribution in [0.25, 0.3) is 0 Å². The maximum Gasteiger partial charge on any atom is 0.341 e. The fraction of sp³-hybridized carbons (Fsp3) is 0.242. The first kappa shape index (κ1) is 31.9. The smallest absolute Gasteiger partial charge is 0.341 e. The number of nitrogens with one attached hydrogen (secondary N) is 2. The summed E-state index contributed by atoms with van der Waals surface area (Å²) in [5, 5.41) is 16.7. The van der Waals surface area contributed by atoms with Gasteiger partial charge in [0.1, 0.15) is 5.00 Å². The van der Waals surface area contributed by atoms with Gasteiger partial charge in [0.2, 0.25) is 5.91 Å². The van der Waals surface area contributed by atoms with E-state index in [0.717, 1.165) is 28.4 Å². The van der Waals surface area contributed by atoms with Crippen molar-refractivity contribution in [3.05, 3.63) is 116 Å². The zero-order valence-electron chi connectivity index (χ0n) is 24.8. The van der Waals surface area contributed by atoms with Crippen LogP contribution in [0.3, 0.4) is 0 Å². The maximum atomic E-state index is 13.4. The average Bonchev–Trinajstić information content (AvgIpc) is 3.38. The number of hydrogen-bond acceptors (Lipinski definition) is 9. The van der Waals surface area contributed by atoms with Gasteiger partial charge in [0, 0.05) is 52.8 Å². The number of esters is 1. The van der Waals surface area contributed by atoms with Crippen LogP contribution in [0.15, 0.2) is 83.8 Å². The predicted octanol–water partition coefficient (Wildman–Crippen LogP) is 6.76. The number of nitrogens with zero attached hydrogens (tertiary/aromatic N) is 2. The molecule has 45 heavy (non-hydrogen) atoms. The number of hydrogen-bond donors (Lipinski definition) is 2. The quantitative estimate of drug-likeness (QED) is 0.0793. The molecular formula is C33H32N4O6S2. The molecule has 1 unspecified atom stereocenters. The lowest BCUT2D eigenvalue weighted by atomic mass is 10.0. The van der Waals surface area contributed by atoms with Gasteiger partial charge in [0.15, 0.2) is 0 Å². The lowest BCUT2D eigenvalue weighted by Crippen LogP contribution is -2.30. The van der Waals surface area contributed by atoms with E-state index in [1.165, 1.54) is 52.9 Å². The van der Waals surface area contributed by atoms with Gasteiger partial charge < -0.3 is 15.4 Å². The van der Waals surface area contributed by atoms with E-state index in [1.54, 1.807) is 32.0 Å². The zero-order valence-corrected chi connectivity index (χ0v) is 26.4. The number of amides is 2. The van der Waals surface area contributed by atoms with Crippen LogP contribution >= 0.6 is 23.1 Å². The number of benzene rings is 3. The van der Waals surface area contributed by atoms with Gasteiger partial charge in [-0.1, -0.05) is 36.4 Å². The Hall–Kier alpha value is -4.52. The molecule has 0 bridgehead atoms. The molecule has 2 N–H and O–H groups in total. The minimum Gasteiger partial charge on any atom is -0.462 e. The van der Waals surface area contributed by atoms with Crippen molar-refractivity contribution in [1.29, 1.82) is 0 Å². The summed E-state index contributed by atoms with van der Waals surface area (Å²) in [5.74, 6) is -1.10. The van der Waals surface area contributed by atoms with E-state index >= 15 is 0 Å². The Morgan fingerprint density at radius 1 is 1.04 bits per heavy atom. The van der Waals surface area contributed by atoms with Gasteiger partial charge >= 0.3 is 5.97 Å². The van der Waals surface area contributed by atoms with Crippen LogP contribution in [0.1, 0.15) is 50.6 Å². The summed E-state index contributed by atoms with van der Waals surface area (Å²) in [7, 11) is 0. The van der Waals surface area contributed by atoms with Crippen molar-refractivity contribution in [2.75, 3.05) is 23.8 Å². The first-order valence-corrected chi connectivity index (χ1v) is 16.1. The third-order valence-corrected chi connectivity index (χ3v) is 9.44. The van der Waals surface area contributed by atoms with E-state index in [1.807, 2.05) is 24.3 Å². The maximum absolute atomic E-state index is 13.4. The van der Waals surface area contributed by atoms with E-state index < -0.39 is 22.0 Å². The topological polar surface area (TPSA) is 131 Å². The van der Waals surface area contributed by atoms with Crippen LogP contribution in [0.2, 0.25) is 0 Å². The standard InChI is InChI=1S/C33H32N4O6S2/c1-3-43-33(40)29-27-16-17-36(19-22-8-5-4-6-9-22)20-28(27)45-32(29)35-30(38)21(2)44-26-11-7-10-24(18-26)34-31(39)23-12-14-25(15-13-23)37(41)42/h4-15,18,21H,3,16-17,19-20H2,1-2H3,(H,34,39)(H,35,38). The molecule has 3 aromatic carbocycles. The Balaban J connectivity index is 1.25. The Kier molecular flexibility index (Phi) is 10.3. The molecule has 1 aliphatic rings. The Morgan fingerprint density at radius 2 is 1.80 bits per heavy atom. The van der Waals surface area contributed by atoms with Crippen LogP contribution in [0.4, 0.5) is 16.4 Å². The summed E-state index contributed by atoms with van der Waals surface area (Å²) >= 11 is 2.74. The van der Waals surface area contributed by atoms with E-state index in [0.29, 0.717) is 29.2 Å². The molecule has 1 aromatic heterocycles. The van der Waals surface area contributed by atoms with Crippen molar-refractivity contribution in [3.8, 4) is 0 Å². The van der Waals surface area contributed by atoms with Gasteiger partial charge in [0.25, 0.3) is 11.6 Å². The fourth-order valence-electron chi connectivity index (χ4n) is 5.00. The Morgan fingerprint density at radius 3 is 2.51 bits per heavy atom. The summed E-state index contributed by atoms with van der Waals surface area (Å²) in [5.41, 5.74) is 3.31. The Labute approximate surface area is 268 Å². The molecule has 0 spiro atoms. The molecule has 10 nitrogen and oxygen atoms in total. The lowest BCUT2D eigenvalue weighted by Gasteiger charge is -2.27.